The van der Waals surface area contributed by atoms with Crippen LogP contribution in [0.25, 0.3) is 21.9 Å². The van der Waals surface area contributed by atoms with E-state index in [9.17, 15) is 9.59 Å². The normalized spacial score (nSPS) is 17.6. The zero-order valence-electron chi connectivity index (χ0n) is 19.1. The molecule has 0 spiro atoms. The first-order valence-corrected chi connectivity index (χ1v) is 12.0. The summed E-state index contributed by atoms with van der Waals surface area (Å²) in [4.78, 5) is 36.1. The number of fused-ring (bicyclic) bond motifs is 4. The first-order valence-electron chi connectivity index (χ1n) is 11.6. The summed E-state index contributed by atoms with van der Waals surface area (Å²) in [6.07, 6.45) is 1.28. The van der Waals surface area contributed by atoms with Crippen LogP contribution in [-0.2, 0) is 11.3 Å². The lowest BCUT2D eigenvalue weighted by Crippen LogP contribution is -2.43. The molecule has 1 aliphatic heterocycles. The number of aromatic nitrogens is 3. The third kappa shape index (κ3) is 3.53. The number of amides is 1. The number of benzene rings is 3. The van der Waals surface area contributed by atoms with Gasteiger partial charge in [-0.15, -0.1) is 0 Å². The van der Waals surface area contributed by atoms with Crippen LogP contribution in [0.3, 0.4) is 0 Å². The van der Waals surface area contributed by atoms with Crippen LogP contribution >= 0.6 is 11.6 Å². The van der Waals surface area contributed by atoms with Gasteiger partial charge in [-0.25, -0.2) is 4.98 Å². The molecular weight excluding hydrogens is 460 g/mol. The number of carbonyl (C=O) groups is 1. The Hall–Kier alpha value is -3.90. The second kappa shape index (κ2) is 8.40. The molecule has 1 N–H and O–H groups in total. The van der Waals surface area contributed by atoms with Crippen LogP contribution in [0.15, 0.2) is 83.8 Å². The van der Waals surface area contributed by atoms with Gasteiger partial charge in [-0.05, 0) is 42.3 Å². The van der Waals surface area contributed by atoms with E-state index in [4.69, 9.17) is 11.6 Å². The van der Waals surface area contributed by atoms with Crippen molar-refractivity contribution >= 4 is 39.4 Å². The van der Waals surface area contributed by atoms with Crippen molar-refractivity contribution in [2.45, 2.75) is 25.4 Å². The molecule has 0 radical (unpaired) electrons. The molecule has 5 aromatic rings. The predicted octanol–water partition coefficient (Wildman–Crippen LogP) is 5.27. The molecule has 2 atom stereocenters. The Morgan fingerprint density at radius 1 is 1.06 bits per heavy atom. The molecule has 3 heterocycles. The molecule has 2 aromatic heterocycles. The van der Waals surface area contributed by atoms with Gasteiger partial charge in [0.15, 0.2) is 0 Å². The molecule has 0 saturated heterocycles. The lowest BCUT2D eigenvalue weighted by atomic mass is 9.83. The minimum absolute atomic E-state index is 0.0585. The van der Waals surface area contributed by atoms with Gasteiger partial charge in [-0.2, -0.15) is 0 Å². The molecule has 1 amide bonds. The van der Waals surface area contributed by atoms with Crippen LogP contribution < -0.4 is 5.56 Å². The van der Waals surface area contributed by atoms with Crippen LogP contribution in [0.4, 0.5) is 0 Å². The topological polar surface area (TPSA) is 71.0 Å². The standard InChI is InChI=1S/C28H23ClN4O2/c1-17-28-27(19-9-3-5-11-22(19)31-28)20(18-8-2-4-10-21(18)29)15-32(17)26(35)16-33-24-13-7-6-12-23(24)30-14-25(33)34/h2-14,17,20,31H,15-16H2,1H3. The summed E-state index contributed by atoms with van der Waals surface area (Å²) in [5.41, 5.74) is 5.23. The Morgan fingerprint density at radius 2 is 1.80 bits per heavy atom. The fourth-order valence-electron chi connectivity index (χ4n) is 5.32. The van der Waals surface area contributed by atoms with E-state index in [2.05, 4.69) is 22.1 Å². The van der Waals surface area contributed by atoms with E-state index in [1.165, 1.54) is 16.3 Å². The minimum Gasteiger partial charge on any atom is -0.356 e. The number of H-pyrrole nitrogens is 1. The average molecular weight is 483 g/mol. The quantitative estimate of drug-likeness (QED) is 0.381. The number of rotatable bonds is 3. The molecule has 35 heavy (non-hydrogen) atoms. The van der Waals surface area contributed by atoms with Gasteiger partial charge in [0.2, 0.25) is 5.91 Å². The summed E-state index contributed by atoms with van der Waals surface area (Å²) in [5, 5.41) is 1.81. The van der Waals surface area contributed by atoms with Gasteiger partial charge in [0.1, 0.15) is 6.54 Å². The summed E-state index contributed by atoms with van der Waals surface area (Å²) >= 11 is 6.66. The Balaban J connectivity index is 1.46. The summed E-state index contributed by atoms with van der Waals surface area (Å²) in [7, 11) is 0. The van der Waals surface area contributed by atoms with Gasteiger partial charge in [-0.1, -0.05) is 60.1 Å². The molecule has 174 valence electrons. The number of nitrogens with one attached hydrogen (secondary N) is 1. The second-order valence-electron chi connectivity index (χ2n) is 8.97. The van der Waals surface area contributed by atoms with E-state index in [1.54, 1.807) is 0 Å². The van der Waals surface area contributed by atoms with Crippen molar-refractivity contribution in [3.63, 3.8) is 0 Å². The number of hydrogen-bond donors (Lipinski definition) is 1. The number of hydrogen-bond acceptors (Lipinski definition) is 3. The monoisotopic (exact) mass is 482 g/mol. The maximum atomic E-state index is 13.8. The average Bonchev–Trinajstić information content (AvgIpc) is 3.27. The van der Waals surface area contributed by atoms with Gasteiger partial charge in [0.25, 0.3) is 5.56 Å². The molecular formula is C28H23ClN4O2. The van der Waals surface area contributed by atoms with Crippen molar-refractivity contribution in [1.82, 2.24) is 19.4 Å². The highest BCUT2D eigenvalue weighted by molar-refractivity contribution is 6.31. The molecule has 0 fully saturated rings. The van der Waals surface area contributed by atoms with Crippen molar-refractivity contribution in [3.8, 4) is 0 Å². The molecule has 0 saturated carbocycles. The summed E-state index contributed by atoms with van der Waals surface area (Å²) in [6, 6.07) is 23.2. The van der Waals surface area contributed by atoms with Gasteiger partial charge < -0.3 is 9.88 Å². The number of nitrogens with zero attached hydrogens (tertiary/aromatic N) is 3. The summed E-state index contributed by atoms with van der Waals surface area (Å²) < 4.78 is 1.50. The molecule has 3 aromatic carbocycles. The van der Waals surface area contributed by atoms with Gasteiger partial charge >= 0.3 is 0 Å². The van der Waals surface area contributed by atoms with Crippen molar-refractivity contribution in [2.75, 3.05) is 6.54 Å². The van der Waals surface area contributed by atoms with E-state index < -0.39 is 0 Å². The number of halogens is 1. The fraction of sp³-hybridized carbons (Fsp3) is 0.179. The van der Waals surface area contributed by atoms with E-state index in [1.807, 2.05) is 72.5 Å². The first-order chi connectivity index (χ1) is 17.0. The Labute approximate surface area is 206 Å². The van der Waals surface area contributed by atoms with Crippen molar-refractivity contribution in [1.29, 1.82) is 0 Å². The minimum atomic E-state index is -0.296. The highest BCUT2D eigenvalue weighted by Crippen LogP contribution is 2.44. The van der Waals surface area contributed by atoms with Gasteiger partial charge in [0, 0.05) is 34.1 Å². The Kier molecular flexibility index (Phi) is 5.19. The largest absolute Gasteiger partial charge is 0.356 e. The lowest BCUT2D eigenvalue weighted by molar-refractivity contribution is -0.134. The number of aromatic amines is 1. The lowest BCUT2D eigenvalue weighted by Gasteiger charge is -2.39. The number of carbonyl (C=O) groups excluding carboxylic acids is 1. The van der Waals surface area contributed by atoms with Crippen LogP contribution in [0.5, 0.6) is 0 Å². The summed E-state index contributed by atoms with van der Waals surface area (Å²) in [6.45, 7) is 2.44. The van der Waals surface area contributed by atoms with E-state index in [0.29, 0.717) is 22.6 Å². The highest BCUT2D eigenvalue weighted by Gasteiger charge is 2.37. The van der Waals surface area contributed by atoms with Crippen LogP contribution in [-0.4, -0.2) is 31.9 Å². The number of para-hydroxylation sites is 3. The smallest absolute Gasteiger partial charge is 0.269 e. The summed E-state index contributed by atoms with van der Waals surface area (Å²) in [5.74, 6) is -0.224. The molecule has 0 aliphatic carbocycles. The molecule has 1 aliphatic rings. The van der Waals surface area contributed by atoms with E-state index in [0.717, 1.165) is 22.2 Å². The van der Waals surface area contributed by atoms with Gasteiger partial charge in [0.05, 0.1) is 23.3 Å². The van der Waals surface area contributed by atoms with E-state index >= 15 is 0 Å². The zero-order chi connectivity index (χ0) is 24.1. The van der Waals surface area contributed by atoms with Crippen LogP contribution in [0, 0.1) is 0 Å². The molecule has 6 rings (SSSR count). The molecule has 0 bridgehead atoms. The predicted molar refractivity (Wildman–Crippen MR) is 138 cm³/mol. The van der Waals surface area contributed by atoms with Crippen molar-refractivity contribution in [3.05, 3.63) is 111 Å². The molecule has 7 heteroatoms. The zero-order valence-corrected chi connectivity index (χ0v) is 19.9. The van der Waals surface area contributed by atoms with Gasteiger partial charge in [-0.3, -0.25) is 14.2 Å². The van der Waals surface area contributed by atoms with Crippen molar-refractivity contribution in [2.24, 2.45) is 0 Å². The van der Waals surface area contributed by atoms with Crippen molar-refractivity contribution < 1.29 is 4.79 Å². The molecule has 2 unspecified atom stereocenters. The fourth-order valence-corrected chi connectivity index (χ4v) is 5.59. The maximum Gasteiger partial charge on any atom is 0.269 e. The molecule has 6 nitrogen and oxygen atoms in total. The third-order valence-corrected chi connectivity index (χ3v) is 7.38. The SMILES string of the molecule is CC1c2[nH]c3ccccc3c2C(c2ccccc2Cl)CN1C(=O)Cn1c(=O)cnc2ccccc21. The highest BCUT2D eigenvalue weighted by atomic mass is 35.5. The Morgan fingerprint density at radius 3 is 2.66 bits per heavy atom. The Bertz CT molecular complexity index is 1650. The first kappa shape index (κ1) is 21.6. The maximum absolute atomic E-state index is 13.8. The third-order valence-electron chi connectivity index (χ3n) is 7.04. The van der Waals surface area contributed by atoms with Crippen LogP contribution in [0.2, 0.25) is 5.02 Å². The second-order valence-corrected chi connectivity index (χ2v) is 9.37. The van der Waals surface area contributed by atoms with E-state index in [-0.39, 0.29) is 30.0 Å². The van der Waals surface area contributed by atoms with Crippen LogP contribution in [0.1, 0.15) is 35.7 Å².